The second kappa shape index (κ2) is 13.8. The predicted octanol–water partition coefficient (Wildman–Crippen LogP) is 4.81. The molecule has 1 saturated heterocycles. The normalized spacial score (nSPS) is 19.4. The lowest BCUT2D eigenvalue weighted by molar-refractivity contribution is -0.154. The van der Waals surface area contributed by atoms with Crippen LogP contribution in [0.2, 0.25) is 0 Å². The second-order valence-electron chi connectivity index (χ2n) is 11.2. The molecule has 214 valence electrons. The third-order valence-corrected chi connectivity index (χ3v) is 8.35. The molecule has 40 heavy (non-hydrogen) atoms. The van der Waals surface area contributed by atoms with Gasteiger partial charge in [-0.15, -0.1) is 0 Å². The fourth-order valence-electron chi connectivity index (χ4n) is 6.17. The van der Waals surface area contributed by atoms with Gasteiger partial charge in [0, 0.05) is 12.5 Å². The van der Waals surface area contributed by atoms with Crippen LogP contribution in [-0.2, 0) is 19.1 Å². The van der Waals surface area contributed by atoms with Gasteiger partial charge in [-0.3, -0.25) is 4.79 Å². The largest absolute Gasteiger partial charge is 0.461 e. The maximum Gasteiger partial charge on any atom is 0.407 e. The molecule has 0 bridgehead atoms. The van der Waals surface area contributed by atoms with Gasteiger partial charge in [0.1, 0.15) is 18.8 Å². The Labute approximate surface area is 236 Å². The first-order valence-electron chi connectivity index (χ1n) is 14.9. The number of unbranched alkanes of at least 4 members (excludes halogenated alkanes) is 1. The van der Waals surface area contributed by atoms with Crippen molar-refractivity contribution in [3.63, 3.8) is 0 Å². The Balaban J connectivity index is 1.06. The van der Waals surface area contributed by atoms with Crippen molar-refractivity contribution in [3.05, 3.63) is 59.7 Å². The van der Waals surface area contributed by atoms with E-state index in [4.69, 9.17) is 9.47 Å². The molecule has 1 unspecified atom stereocenters. The fourth-order valence-corrected chi connectivity index (χ4v) is 6.17. The molecule has 2 aliphatic carbocycles. The number of hydrogen-bond donors (Lipinski definition) is 3. The predicted molar refractivity (Wildman–Crippen MR) is 153 cm³/mol. The van der Waals surface area contributed by atoms with Gasteiger partial charge in [0.25, 0.3) is 0 Å². The van der Waals surface area contributed by atoms with E-state index < -0.39 is 12.1 Å². The third kappa shape index (κ3) is 7.02. The molecule has 1 aliphatic heterocycles. The summed E-state index contributed by atoms with van der Waals surface area (Å²) in [7, 11) is 0. The van der Waals surface area contributed by atoms with Crippen LogP contribution in [0.5, 0.6) is 0 Å². The van der Waals surface area contributed by atoms with Gasteiger partial charge in [0.2, 0.25) is 5.91 Å². The summed E-state index contributed by atoms with van der Waals surface area (Å²) in [4.78, 5) is 38.2. The van der Waals surface area contributed by atoms with Crippen molar-refractivity contribution in [2.24, 2.45) is 0 Å². The van der Waals surface area contributed by atoms with E-state index in [0.717, 1.165) is 45.1 Å². The molecule has 1 saturated carbocycles. The lowest BCUT2D eigenvalue weighted by Gasteiger charge is -2.26. The van der Waals surface area contributed by atoms with Gasteiger partial charge in [-0.1, -0.05) is 55.0 Å². The van der Waals surface area contributed by atoms with Crippen LogP contribution < -0.4 is 16.0 Å². The van der Waals surface area contributed by atoms with Crippen LogP contribution in [0.1, 0.15) is 81.3 Å². The molecule has 2 aromatic carbocycles. The number of ether oxygens (including phenoxy) is 2. The van der Waals surface area contributed by atoms with Crippen LogP contribution in [0.4, 0.5) is 4.79 Å². The van der Waals surface area contributed by atoms with Crippen LogP contribution >= 0.6 is 0 Å². The van der Waals surface area contributed by atoms with Gasteiger partial charge in [0.05, 0.1) is 6.04 Å². The molecule has 5 rings (SSSR count). The number of carbonyl (C=O) groups is 3. The quantitative estimate of drug-likeness (QED) is 0.276. The first kappa shape index (κ1) is 28.1. The molecule has 2 atom stereocenters. The van der Waals surface area contributed by atoms with Crippen molar-refractivity contribution in [2.75, 3.05) is 19.7 Å². The van der Waals surface area contributed by atoms with E-state index in [1.165, 1.54) is 28.7 Å². The molecule has 8 nitrogen and oxygen atoms in total. The van der Waals surface area contributed by atoms with Crippen LogP contribution in [0, 0.1) is 0 Å². The average Bonchev–Trinajstić information content (AvgIpc) is 3.63. The zero-order chi connectivity index (χ0) is 27.7. The monoisotopic (exact) mass is 547 g/mol. The van der Waals surface area contributed by atoms with E-state index in [-0.39, 0.29) is 36.5 Å². The van der Waals surface area contributed by atoms with Gasteiger partial charge in [-0.2, -0.15) is 0 Å². The second-order valence-corrected chi connectivity index (χ2v) is 11.2. The van der Waals surface area contributed by atoms with E-state index in [2.05, 4.69) is 40.2 Å². The van der Waals surface area contributed by atoms with E-state index in [1.54, 1.807) is 0 Å². The highest BCUT2D eigenvalue weighted by molar-refractivity contribution is 5.87. The topological polar surface area (TPSA) is 106 Å². The molecule has 1 heterocycles. The molecule has 0 radical (unpaired) electrons. The molecule has 8 heteroatoms. The highest BCUT2D eigenvalue weighted by Crippen LogP contribution is 2.44. The molecule has 2 aromatic rings. The van der Waals surface area contributed by atoms with Crippen molar-refractivity contribution in [1.29, 1.82) is 0 Å². The zero-order valence-corrected chi connectivity index (χ0v) is 23.2. The lowest BCUT2D eigenvalue weighted by Crippen LogP contribution is -2.49. The summed E-state index contributed by atoms with van der Waals surface area (Å²) >= 11 is 0. The number of fused-ring (bicyclic) bond motifs is 3. The van der Waals surface area contributed by atoms with Gasteiger partial charge in [0.15, 0.2) is 0 Å². The SMILES string of the molecule is O=C(NCCCC[C@H](NC(=O)C1CCCN1)C(=O)OC1CCCCC1)OCC1c2ccccc2-c2ccccc21. The molecule has 0 aromatic heterocycles. The lowest BCUT2D eigenvalue weighted by atomic mass is 9.97. The minimum atomic E-state index is -0.675. The molecule has 3 N–H and O–H groups in total. The zero-order valence-electron chi connectivity index (χ0n) is 23.2. The highest BCUT2D eigenvalue weighted by Gasteiger charge is 2.31. The van der Waals surface area contributed by atoms with Crippen molar-refractivity contribution >= 4 is 18.0 Å². The van der Waals surface area contributed by atoms with Crippen LogP contribution in [0.25, 0.3) is 11.1 Å². The summed E-state index contributed by atoms with van der Waals surface area (Å²) in [6.45, 7) is 1.52. The first-order chi connectivity index (χ1) is 19.6. The maximum atomic E-state index is 13.0. The number of hydrogen-bond acceptors (Lipinski definition) is 6. The number of benzene rings is 2. The Morgan fingerprint density at radius 1 is 0.875 bits per heavy atom. The first-order valence-corrected chi connectivity index (χ1v) is 14.9. The van der Waals surface area contributed by atoms with Crippen molar-refractivity contribution < 1.29 is 23.9 Å². The summed E-state index contributed by atoms with van der Waals surface area (Å²) in [5.74, 6) is -0.463. The third-order valence-electron chi connectivity index (χ3n) is 8.35. The smallest absolute Gasteiger partial charge is 0.407 e. The van der Waals surface area contributed by atoms with Gasteiger partial charge in [-0.25, -0.2) is 9.59 Å². The molecular formula is C32H41N3O5. The maximum absolute atomic E-state index is 13.0. The van der Waals surface area contributed by atoms with E-state index in [9.17, 15) is 14.4 Å². The van der Waals surface area contributed by atoms with E-state index in [0.29, 0.717) is 25.8 Å². The van der Waals surface area contributed by atoms with Gasteiger partial charge in [-0.05, 0) is 86.6 Å². The Morgan fingerprint density at radius 3 is 2.25 bits per heavy atom. The van der Waals surface area contributed by atoms with Gasteiger partial charge < -0.3 is 25.4 Å². The Kier molecular flexibility index (Phi) is 9.71. The standard InChI is InChI=1S/C32H41N3O5/c36-30(28-18-10-20-33-28)35-29(31(37)40-22-11-2-1-3-12-22)17-8-9-19-34-32(38)39-21-27-25-15-6-4-13-23(25)24-14-5-7-16-26(24)27/h4-7,13-16,22,27-29,33H,1-3,8-12,17-21H2,(H,34,38)(H,35,36)/t28?,29-/m0/s1. The van der Waals surface area contributed by atoms with Crippen molar-refractivity contribution in [2.45, 2.75) is 88.3 Å². The average molecular weight is 548 g/mol. The number of nitrogens with one attached hydrogen (secondary N) is 3. The Hall–Kier alpha value is -3.39. The van der Waals surface area contributed by atoms with Crippen LogP contribution in [0.15, 0.2) is 48.5 Å². The van der Waals surface area contributed by atoms with Crippen LogP contribution in [0.3, 0.4) is 0 Å². The Bertz CT molecular complexity index is 1130. The minimum Gasteiger partial charge on any atom is -0.461 e. The fraction of sp³-hybridized carbons (Fsp3) is 0.531. The Morgan fingerprint density at radius 2 is 1.57 bits per heavy atom. The molecule has 2 amide bonds. The van der Waals surface area contributed by atoms with Gasteiger partial charge >= 0.3 is 12.1 Å². The highest BCUT2D eigenvalue weighted by atomic mass is 16.6. The molecule has 3 aliphatic rings. The number of esters is 1. The van der Waals surface area contributed by atoms with Crippen molar-refractivity contribution in [3.8, 4) is 11.1 Å². The molecule has 2 fully saturated rings. The molecular weight excluding hydrogens is 506 g/mol. The summed E-state index contributed by atoms with van der Waals surface area (Å²) in [6, 6.07) is 15.6. The van der Waals surface area contributed by atoms with E-state index in [1.807, 2.05) is 24.3 Å². The van der Waals surface area contributed by atoms with E-state index >= 15 is 0 Å². The number of alkyl carbamates (subject to hydrolysis) is 1. The molecule has 0 spiro atoms. The number of amides is 2. The number of carbonyl (C=O) groups excluding carboxylic acids is 3. The summed E-state index contributed by atoms with van der Waals surface area (Å²) < 4.78 is 11.4. The minimum absolute atomic E-state index is 0.0204. The number of rotatable bonds is 11. The summed E-state index contributed by atoms with van der Waals surface area (Å²) in [5, 5.41) is 8.95. The summed E-state index contributed by atoms with van der Waals surface area (Å²) in [5.41, 5.74) is 4.74. The van der Waals surface area contributed by atoms with Crippen LogP contribution in [-0.4, -0.2) is 55.9 Å². The summed E-state index contributed by atoms with van der Waals surface area (Å²) in [6.07, 6.45) is 8.12. The van der Waals surface area contributed by atoms with Crippen molar-refractivity contribution in [1.82, 2.24) is 16.0 Å².